The van der Waals surface area contributed by atoms with E-state index in [9.17, 15) is 0 Å². The Morgan fingerprint density at radius 2 is 2.09 bits per heavy atom. The number of nitrogens with one attached hydrogen (secondary N) is 1. The fourth-order valence-corrected chi connectivity index (χ4v) is 4.33. The number of hydrogen-bond acceptors (Lipinski definition) is 8. The number of hydrogen-bond donors (Lipinski definition) is 1. The molecular weight excluding hydrogens is 330 g/mol. The Balaban J connectivity index is 1.47. The van der Waals surface area contributed by atoms with Gasteiger partial charge in [0.1, 0.15) is 0 Å². The third kappa shape index (κ3) is 5.17. The molecule has 1 saturated carbocycles. The molecule has 0 spiro atoms. The van der Waals surface area contributed by atoms with Gasteiger partial charge in [-0.25, -0.2) is 0 Å². The average molecular weight is 354 g/mol. The van der Waals surface area contributed by atoms with Crippen molar-refractivity contribution < 1.29 is 4.52 Å². The smallest absolute Gasteiger partial charge is 0.226 e. The predicted molar refractivity (Wildman–Crippen MR) is 92.8 cm³/mol. The molecule has 0 aliphatic heterocycles. The third-order valence-corrected chi connectivity index (χ3v) is 5.74. The maximum absolute atomic E-state index is 5.25. The lowest BCUT2D eigenvalue weighted by Gasteiger charge is -2.21. The zero-order chi connectivity index (χ0) is 16.1. The summed E-state index contributed by atoms with van der Waals surface area (Å²) in [5, 5.41) is 16.9. The zero-order valence-corrected chi connectivity index (χ0v) is 15.3. The van der Waals surface area contributed by atoms with Crippen molar-refractivity contribution in [1.29, 1.82) is 0 Å². The lowest BCUT2D eigenvalue weighted by Crippen LogP contribution is -2.21. The molecule has 0 atom stereocenters. The van der Waals surface area contributed by atoms with Gasteiger partial charge in [0.25, 0.3) is 0 Å². The number of thioether (sulfide) groups is 1. The van der Waals surface area contributed by atoms with Crippen LogP contribution in [0.2, 0.25) is 0 Å². The SMILES string of the molecule is CC(C)Cc1nc(CSc2nnc(NC3CCCCC3)s2)no1. The second-order valence-corrected chi connectivity index (χ2v) is 8.54. The molecule has 0 bridgehead atoms. The van der Waals surface area contributed by atoms with E-state index in [-0.39, 0.29) is 0 Å². The van der Waals surface area contributed by atoms with Crippen molar-refractivity contribution in [1.82, 2.24) is 20.3 Å². The van der Waals surface area contributed by atoms with Crippen molar-refractivity contribution in [2.75, 3.05) is 5.32 Å². The molecule has 126 valence electrons. The van der Waals surface area contributed by atoms with Crippen LogP contribution in [0.5, 0.6) is 0 Å². The van der Waals surface area contributed by atoms with Crippen LogP contribution in [0.25, 0.3) is 0 Å². The summed E-state index contributed by atoms with van der Waals surface area (Å²) in [6, 6.07) is 0.561. The summed E-state index contributed by atoms with van der Waals surface area (Å²) in [5.41, 5.74) is 0. The second kappa shape index (κ2) is 8.10. The molecule has 2 aromatic rings. The monoisotopic (exact) mass is 353 g/mol. The van der Waals surface area contributed by atoms with Gasteiger partial charge in [0.15, 0.2) is 10.2 Å². The van der Waals surface area contributed by atoms with Gasteiger partial charge in [0.05, 0.1) is 5.75 Å². The van der Waals surface area contributed by atoms with E-state index in [4.69, 9.17) is 4.52 Å². The molecule has 0 amide bonds. The molecule has 1 fully saturated rings. The van der Waals surface area contributed by atoms with Gasteiger partial charge >= 0.3 is 0 Å². The second-order valence-electron chi connectivity index (χ2n) is 6.34. The first kappa shape index (κ1) is 16.7. The Hall–Kier alpha value is -1.15. The van der Waals surface area contributed by atoms with E-state index in [1.54, 1.807) is 23.1 Å². The lowest BCUT2D eigenvalue weighted by atomic mass is 9.96. The van der Waals surface area contributed by atoms with Gasteiger partial charge in [-0.15, -0.1) is 10.2 Å². The highest BCUT2D eigenvalue weighted by Crippen LogP contribution is 2.29. The van der Waals surface area contributed by atoms with E-state index in [0.717, 1.165) is 21.7 Å². The predicted octanol–water partition coefficient (Wildman–Crippen LogP) is 4.16. The van der Waals surface area contributed by atoms with Crippen LogP contribution in [0, 0.1) is 5.92 Å². The van der Waals surface area contributed by atoms with Crippen LogP contribution in [0.1, 0.15) is 57.7 Å². The lowest BCUT2D eigenvalue weighted by molar-refractivity contribution is 0.360. The van der Waals surface area contributed by atoms with Crippen LogP contribution < -0.4 is 5.32 Å². The van der Waals surface area contributed by atoms with Gasteiger partial charge in [-0.2, -0.15) is 4.98 Å². The van der Waals surface area contributed by atoms with Crippen molar-refractivity contribution in [3.05, 3.63) is 11.7 Å². The van der Waals surface area contributed by atoms with Crippen LogP contribution >= 0.6 is 23.1 Å². The van der Waals surface area contributed by atoms with Crippen LogP contribution in [0.4, 0.5) is 5.13 Å². The Bertz CT molecular complexity index is 607. The maximum Gasteiger partial charge on any atom is 0.226 e. The first-order valence-corrected chi connectivity index (χ1v) is 10.0. The highest BCUT2D eigenvalue weighted by molar-refractivity contribution is 8.00. The van der Waals surface area contributed by atoms with Crippen LogP contribution in [-0.4, -0.2) is 26.4 Å². The van der Waals surface area contributed by atoms with Gasteiger partial charge in [0, 0.05) is 12.5 Å². The zero-order valence-electron chi connectivity index (χ0n) is 13.6. The molecule has 8 heteroatoms. The summed E-state index contributed by atoms with van der Waals surface area (Å²) in [6.45, 7) is 4.28. The first-order chi connectivity index (χ1) is 11.2. The molecule has 1 N–H and O–H groups in total. The van der Waals surface area contributed by atoms with E-state index in [2.05, 4.69) is 39.5 Å². The van der Waals surface area contributed by atoms with Gasteiger partial charge < -0.3 is 9.84 Å². The minimum absolute atomic E-state index is 0.521. The molecule has 0 radical (unpaired) electrons. The van der Waals surface area contributed by atoms with Crippen molar-refractivity contribution in [3.63, 3.8) is 0 Å². The Labute approximate surface area is 144 Å². The van der Waals surface area contributed by atoms with Crippen molar-refractivity contribution in [3.8, 4) is 0 Å². The molecule has 2 heterocycles. The summed E-state index contributed by atoms with van der Waals surface area (Å²) in [5.74, 6) is 2.63. The minimum atomic E-state index is 0.521. The number of aromatic nitrogens is 4. The molecular formula is C15H23N5OS2. The van der Waals surface area contributed by atoms with Crippen LogP contribution in [-0.2, 0) is 12.2 Å². The normalized spacial score (nSPS) is 16.1. The van der Waals surface area contributed by atoms with Crippen molar-refractivity contribution >= 4 is 28.2 Å². The first-order valence-electron chi connectivity index (χ1n) is 8.23. The average Bonchev–Trinajstić information content (AvgIpc) is 3.15. The summed E-state index contributed by atoms with van der Waals surface area (Å²) in [7, 11) is 0. The van der Waals surface area contributed by atoms with Crippen molar-refractivity contribution in [2.24, 2.45) is 5.92 Å². The molecule has 6 nitrogen and oxygen atoms in total. The van der Waals surface area contributed by atoms with E-state index < -0.39 is 0 Å². The number of rotatable bonds is 7. The van der Waals surface area contributed by atoms with Gasteiger partial charge in [-0.05, 0) is 18.8 Å². The molecule has 3 rings (SSSR count). The number of anilines is 1. The quantitative estimate of drug-likeness (QED) is 0.749. The summed E-state index contributed by atoms with van der Waals surface area (Å²) >= 11 is 3.22. The molecule has 0 aromatic carbocycles. The third-order valence-electron chi connectivity index (χ3n) is 3.76. The van der Waals surface area contributed by atoms with Crippen LogP contribution in [0.3, 0.4) is 0 Å². The summed E-state index contributed by atoms with van der Waals surface area (Å²) in [6.07, 6.45) is 7.29. The minimum Gasteiger partial charge on any atom is -0.357 e. The fraction of sp³-hybridized carbons (Fsp3) is 0.733. The molecule has 23 heavy (non-hydrogen) atoms. The fourth-order valence-electron chi connectivity index (χ4n) is 2.66. The van der Waals surface area contributed by atoms with Crippen LogP contribution in [0.15, 0.2) is 8.86 Å². The summed E-state index contributed by atoms with van der Waals surface area (Å²) < 4.78 is 6.19. The molecule has 2 aromatic heterocycles. The highest BCUT2D eigenvalue weighted by atomic mass is 32.2. The Morgan fingerprint density at radius 3 is 2.87 bits per heavy atom. The van der Waals surface area contributed by atoms with E-state index in [1.165, 1.54) is 32.1 Å². The van der Waals surface area contributed by atoms with Crippen molar-refractivity contribution in [2.45, 2.75) is 68.5 Å². The van der Waals surface area contributed by atoms with Gasteiger partial charge in [0.2, 0.25) is 11.0 Å². The molecule has 1 aliphatic carbocycles. The Morgan fingerprint density at radius 1 is 1.26 bits per heavy atom. The maximum atomic E-state index is 5.25. The Kier molecular flexibility index (Phi) is 5.88. The van der Waals surface area contributed by atoms with E-state index in [0.29, 0.717) is 23.6 Å². The summed E-state index contributed by atoms with van der Waals surface area (Å²) in [4.78, 5) is 4.41. The van der Waals surface area contributed by atoms with Gasteiger partial charge in [-0.1, -0.05) is 61.4 Å². The molecule has 0 saturated heterocycles. The largest absolute Gasteiger partial charge is 0.357 e. The van der Waals surface area contributed by atoms with E-state index >= 15 is 0 Å². The highest BCUT2D eigenvalue weighted by Gasteiger charge is 2.16. The number of nitrogens with zero attached hydrogens (tertiary/aromatic N) is 4. The van der Waals surface area contributed by atoms with Gasteiger partial charge in [-0.3, -0.25) is 0 Å². The van der Waals surface area contributed by atoms with E-state index in [1.807, 2.05) is 0 Å². The topological polar surface area (TPSA) is 76.7 Å². The molecule has 1 aliphatic rings. The molecule has 0 unspecified atom stereocenters. The standard InChI is InChI=1S/C15H23N5OS2/c1-10(2)8-13-17-12(20-21-13)9-22-15-19-18-14(23-15)16-11-6-4-3-5-7-11/h10-11H,3-9H2,1-2H3,(H,16,18).